The van der Waals surface area contributed by atoms with Gasteiger partial charge in [0.15, 0.2) is 0 Å². The van der Waals surface area contributed by atoms with E-state index in [1.165, 1.54) is 0 Å². The molecular weight excluding hydrogens is 260 g/mol. The third kappa shape index (κ3) is 3.21. The summed E-state index contributed by atoms with van der Waals surface area (Å²) in [6, 6.07) is 7.43. The lowest BCUT2D eigenvalue weighted by Crippen LogP contribution is -2.54. The fourth-order valence-corrected chi connectivity index (χ4v) is 3.52. The molecule has 4 heteroatoms. The molecular formula is C15H21ClN2O. The number of hydrogen-bond acceptors (Lipinski definition) is 2. The van der Waals surface area contributed by atoms with E-state index in [0.29, 0.717) is 16.9 Å². The van der Waals surface area contributed by atoms with Gasteiger partial charge in [0.1, 0.15) is 5.54 Å². The molecule has 0 aliphatic heterocycles. The first-order valence-corrected chi connectivity index (χ1v) is 7.13. The van der Waals surface area contributed by atoms with E-state index >= 15 is 0 Å². The van der Waals surface area contributed by atoms with Crippen molar-refractivity contribution in [2.75, 3.05) is 5.32 Å². The number of rotatable bonds is 3. The summed E-state index contributed by atoms with van der Waals surface area (Å²) < 4.78 is 0. The number of nitrogens with one attached hydrogen (secondary N) is 1. The molecule has 1 aliphatic rings. The van der Waals surface area contributed by atoms with Crippen LogP contribution in [-0.4, -0.2) is 11.4 Å². The van der Waals surface area contributed by atoms with Crippen molar-refractivity contribution in [1.82, 2.24) is 0 Å². The highest BCUT2D eigenvalue weighted by molar-refractivity contribution is 6.30. The molecule has 1 aliphatic carbocycles. The fraction of sp³-hybridized carbons (Fsp3) is 0.533. The van der Waals surface area contributed by atoms with Gasteiger partial charge in [-0.25, -0.2) is 0 Å². The molecule has 1 aromatic rings. The second kappa shape index (κ2) is 5.41. The van der Waals surface area contributed by atoms with Gasteiger partial charge >= 0.3 is 0 Å². The highest BCUT2D eigenvalue weighted by Gasteiger charge is 2.42. The molecule has 0 heterocycles. The lowest BCUT2D eigenvalue weighted by molar-refractivity contribution is -0.124. The lowest BCUT2D eigenvalue weighted by Gasteiger charge is -2.41. The van der Waals surface area contributed by atoms with Gasteiger partial charge in [-0.15, -0.1) is 0 Å². The van der Waals surface area contributed by atoms with Gasteiger partial charge in [0.25, 0.3) is 0 Å². The first kappa shape index (κ1) is 14.2. The predicted octanol–water partition coefficient (Wildman–Crippen LogP) is 3.43. The topological polar surface area (TPSA) is 55.1 Å². The van der Waals surface area contributed by atoms with Crippen LogP contribution < -0.4 is 11.1 Å². The monoisotopic (exact) mass is 280 g/mol. The van der Waals surface area contributed by atoms with Crippen molar-refractivity contribution in [3.8, 4) is 0 Å². The third-order valence-electron chi connectivity index (χ3n) is 3.88. The number of halogens is 1. The van der Waals surface area contributed by atoms with Crippen molar-refractivity contribution >= 4 is 23.2 Å². The smallest absolute Gasteiger partial charge is 0.243 e. The van der Waals surface area contributed by atoms with Crippen LogP contribution in [0, 0.1) is 11.8 Å². The Bertz CT molecular complexity index is 465. The highest BCUT2D eigenvalue weighted by atomic mass is 35.5. The summed E-state index contributed by atoms with van der Waals surface area (Å²) in [5.41, 5.74) is 5.88. The Hall–Kier alpha value is -1.22. The maximum atomic E-state index is 12.0. The molecule has 2 atom stereocenters. The zero-order valence-corrected chi connectivity index (χ0v) is 12.2. The average molecular weight is 281 g/mol. The van der Waals surface area contributed by atoms with Crippen LogP contribution >= 0.6 is 11.6 Å². The lowest BCUT2D eigenvalue weighted by atomic mass is 9.71. The first-order valence-electron chi connectivity index (χ1n) is 6.75. The van der Waals surface area contributed by atoms with Gasteiger partial charge in [-0.05, 0) is 49.3 Å². The molecule has 3 N–H and O–H groups in total. The number of primary amides is 1. The number of benzene rings is 1. The minimum atomic E-state index is -0.651. The number of amides is 1. The molecule has 0 bridgehead atoms. The molecule has 0 aromatic heterocycles. The minimum Gasteiger partial charge on any atom is -0.371 e. The van der Waals surface area contributed by atoms with E-state index in [1.54, 1.807) is 0 Å². The number of carbonyl (C=O) groups is 1. The molecule has 1 fully saturated rings. The van der Waals surface area contributed by atoms with Crippen molar-refractivity contribution in [2.45, 2.75) is 38.6 Å². The van der Waals surface area contributed by atoms with Gasteiger partial charge in [0.2, 0.25) is 5.91 Å². The molecule has 0 saturated heterocycles. The standard InChI is InChI=1S/C15H21ClN2O/c1-10-6-11(2)9-15(8-10,14(17)19)18-13-5-3-4-12(16)7-13/h3-5,7,10-11,18H,6,8-9H2,1-2H3,(H2,17,19). The molecule has 104 valence electrons. The summed E-state index contributed by atoms with van der Waals surface area (Å²) in [5, 5.41) is 3.99. The van der Waals surface area contributed by atoms with E-state index in [-0.39, 0.29) is 5.91 Å². The van der Waals surface area contributed by atoms with E-state index in [4.69, 9.17) is 17.3 Å². The number of carbonyl (C=O) groups excluding carboxylic acids is 1. The van der Waals surface area contributed by atoms with E-state index < -0.39 is 5.54 Å². The predicted molar refractivity (Wildman–Crippen MR) is 79.2 cm³/mol. The molecule has 0 spiro atoms. The number of hydrogen-bond donors (Lipinski definition) is 2. The molecule has 1 aromatic carbocycles. The van der Waals surface area contributed by atoms with Crippen LogP contribution in [-0.2, 0) is 4.79 Å². The van der Waals surface area contributed by atoms with Gasteiger partial charge in [0.05, 0.1) is 0 Å². The Morgan fingerprint density at radius 2 is 2.00 bits per heavy atom. The van der Waals surface area contributed by atoms with Gasteiger partial charge in [-0.1, -0.05) is 31.5 Å². The summed E-state index contributed by atoms with van der Waals surface area (Å²) in [7, 11) is 0. The zero-order chi connectivity index (χ0) is 14.0. The Morgan fingerprint density at radius 3 is 2.53 bits per heavy atom. The van der Waals surface area contributed by atoms with Crippen molar-refractivity contribution in [1.29, 1.82) is 0 Å². The summed E-state index contributed by atoms with van der Waals surface area (Å²) in [5.74, 6) is 0.705. The van der Waals surface area contributed by atoms with Gasteiger partial charge < -0.3 is 11.1 Å². The molecule has 2 rings (SSSR count). The maximum Gasteiger partial charge on any atom is 0.243 e. The van der Waals surface area contributed by atoms with Gasteiger partial charge in [-0.2, -0.15) is 0 Å². The van der Waals surface area contributed by atoms with Gasteiger partial charge in [0, 0.05) is 10.7 Å². The largest absolute Gasteiger partial charge is 0.371 e. The molecule has 2 unspecified atom stereocenters. The minimum absolute atomic E-state index is 0.272. The quantitative estimate of drug-likeness (QED) is 0.891. The van der Waals surface area contributed by atoms with Crippen molar-refractivity contribution in [3.05, 3.63) is 29.3 Å². The van der Waals surface area contributed by atoms with Crippen LogP contribution in [0.3, 0.4) is 0 Å². The summed E-state index contributed by atoms with van der Waals surface area (Å²) in [6.07, 6.45) is 2.70. The van der Waals surface area contributed by atoms with E-state index in [2.05, 4.69) is 19.2 Å². The number of anilines is 1. The Balaban J connectivity index is 2.27. The van der Waals surface area contributed by atoms with E-state index in [9.17, 15) is 4.79 Å². The van der Waals surface area contributed by atoms with Crippen LogP contribution in [0.2, 0.25) is 5.02 Å². The summed E-state index contributed by atoms with van der Waals surface area (Å²) >= 11 is 5.99. The van der Waals surface area contributed by atoms with Crippen LogP contribution in [0.15, 0.2) is 24.3 Å². The summed E-state index contributed by atoms with van der Waals surface area (Å²) in [6.45, 7) is 4.35. The third-order valence-corrected chi connectivity index (χ3v) is 4.11. The van der Waals surface area contributed by atoms with Crippen LogP contribution in [0.4, 0.5) is 5.69 Å². The number of nitrogens with two attached hydrogens (primary N) is 1. The van der Waals surface area contributed by atoms with Crippen molar-refractivity contribution < 1.29 is 4.79 Å². The Morgan fingerprint density at radius 1 is 1.37 bits per heavy atom. The second-order valence-electron chi connectivity index (χ2n) is 5.94. The van der Waals surface area contributed by atoms with Crippen LogP contribution in [0.5, 0.6) is 0 Å². The van der Waals surface area contributed by atoms with Gasteiger partial charge in [-0.3, -0.25) is 4.79 Å². The normalized spacial score (nSPS) is 30.9. The maximum absolute atomic E-state index is 12.0. The van der Waals surface area contributed by atoms with Crippen LogP contribution in [0.1, 0.15) is 33.1 Å². The van der Waals surface area contributed by atoms with Crippen LogP contribution in [0.25, 0.3) is 0 Å². The Labute approximate surface area is 119 Å². The highest BCUT2D eigenvalue weighted by Crippen LogP contribution is 2.38. The van der Waals surface area contributed by atoms with Crippen molar-refractivity contribution in [2.24, 2.45) is 17.6 Å². The fourth-order valence-electron chi connectivity index (χ4n) is 3.33. The summed E-state index contributed by atoms with van der Waals surface area (Å²) in [4.78, 5) is 12.0. The van der Waals surface area contributed by atoms with E-state index in [0.717, 1.165) is 24.9 Å². The molecule has 19 heavy (non-hydrogen) atoms. The zero-order valence-electron chi connectivity index (χ0n) is 11.4. The first-order chi connectivity index (χ1) is 8.91. The molecule has 0 radical (unpaired) electrons. The second-order valence-corrected chi connectivity index (χ2v) is 6.37. The SMILES string of the molecule is CC1CC(C)CC(Nc2cccc(Cl)c2)(C(N)=O)C1. The Kier molecular flexibility index (Phi) is 4.04. The molecule has 1 amide bonds. The van der Waals surface area contributed by atoms with E-state index in [1.807, 2.05) is 24.3 Å². The molecule has 1 saturated carbocycles. The molecule has 3 nitrogen and oxygen atoms in total. The van der Waals surface area contributed by atoms with Crippen molar-refractivity contribution in [3.63, 3.8) is 0 Å². The average Bonchev–Trinajstić information content (AvgIpc) is 2.27.